The summed E-state index contributed by atoms with van der Waals surface area (Å²) in [6.07, 6.45) is 0.826. The Kier molecular flexibility index (Phi) is 3.66. The first-order valence-electron chi connectivity index (χ1n) is 4.75. The highest BCUT2D eigenvalue weighted by Gasteiger charge is 2.07. The van der Waals surface area contributed by atoms with Gasteiger partial charge in [-0.05, 0) is 24.5 Å². The third-order valence-electron chi connectivity index (χ3n) is 2.29. The summed E-state index contributed by atoms with van der Waals surface area (Å²) in [6.45, 7) is 9.70. The summed E-state index contributed by atoms with van der Waals surface area (Å²) in [7, 11) is 0. The van der Waals surface area contributed by atoms with Crippen molar-refractivity contribution in [3.63, 3.8) is 0 Å². The minimum absolute atomic E-state index is 0.0186. The fraction of sp³-hybridized carbons (Fsp3) is 0.231. The molecule has 0 spiro atoms. The smallest absolute Gasteiger partial charge is 0.0332 e. The Morgan fingerprint density at radius 3 is 2.36 bits per heavy atom. The maximum absolute atomic E-state index is 5.99. The van der Waals surface area contributed by atoms with E-state index < -0.39 is 0 Å². The van der Waals surface area contributed by atoms with Gasteiger partial charge in [0, 0.05) is 6.04 Å². The van der Waals surface area contributed by atoms with Crippen molar-refractivity contribution in [1.82, 2.24) is 0 Å². The zero-order valence-corrected chi connectivity index (χ0v) is 8.66. The normalized spacial score (nSPS) is 12.1. The largest absolute Gasteiger partial charge is 0.324 e. The molecule has 0 aromatic heterocycles. The topological polar surface area (TPSA) is 26.0 Å². The molecule has 1 nitrogen and oxygen atoms in total. The molecule has 74 valence electrons. The lowest BCUT2D eigenvalue weighted by Crippen LogP contribution is -2.25. The lowest BCUT2D eigenvalue weighted by atomic mass is 9.97. The van der Waals surface area contributed by atoms with Crippen LogP contribution >= 0.6 is 0 Å². The second-order valence-electron chi connectivity index (χ2n) is 3.60. The SMILES string of the molecule is C=C(C)C(=C)C(N)Cc1ccccc1. The molecule has 0 saturated carbocycles. The van der Waals surface area contributed by atoms with Crippen LogP contribution in [0, 0.1) is 0 Å². The first-order chi connectivity index (χ1) is 6.61. The Balaban J connectivity index is 2.62. The number of nitrogens with two attached hydrogens (primary N) is 1. The van der Waals surface area contributed by atoms with E-state index in [1.807, 2.05) is 25.1 Å². The van der Waals surface area contributed by atoms with Crippen LogP contribution in [0.3, 0.4) is 0 Å². The Bertz CT molecular complexity index is 324. The summed E-state index contributed by atoms with van der Waals surface area (Å²) in [5, 5.41) is 0. The van der Waals surface area contributed by atoms with Crippen molar-refractivity contribution in [2.45, 2.75) is 19.4 Å². The van der Waals surface area contributed by atoms with Gasteiger partial charge in [-0.25, -0.2) is 0 Å². The van der Waals surface area contributed by atoms with E-state index in [4.69, 9.17) is 5.73 Å². The number of benzene rings is 1. The van der Waals surface area contributed by atoms with E-state index in [0.717, 1.165) is 17.6 Å². The molecule has 1 atom stereocenters. The van der Waals surface area contributed by atoms with Crippen LogP contribution in [-0.2, 0) is 6.42 Å². The molecular weight excluding hydrogens is 170 g/mol. The van der Waals surface area contributed by atoms with Crippen molar-refractivity contribution >= 4 is 0 Å². The van der Waals surface area contributed by atoms with E-state index in [0.29, 0.717) is 0 Å². The van der Waals surface area contributed by atoms with Crippen molar-refractivity contribution < 1.29 is 0 Å². The third-order valence-corrected chi connectivity index (χ3v) is 2.29. The van der Waals surface area contributed by atoms with Gasteiger partial charge in [0.25, 0.3) is 0 Å². The maximum atomic E-state index is 5.99. The van der Waals surface area contributed by atoms with Gasteiger partial charge in [0.15, 0.2) is 0 Å². The molecule has 1 aromatic rings. The maximum Gasteiger partial charge on any atom is 0.0332 e. The average Bonchev–Trinajstić information content (AvgIpc) is 2.18. The van der Waals surface area contributed by atoms with Crippen LogP contribution in [0.25, 0.3) is 0 Å². The van der Waals surface area contributed by atoms with Crippen LogP contribution in [0.4, 0.5) is 0 Å². The number of hydrogen-bond acceptors (Lipinski definition) is 1. The molecule has 14 heavy (non-hydrogen) atoms. The Hall–Kier alpha value is -1.34. The number of rotatable bonds is 4. The third kappa shape index (κ3) is 2.86. The van der Waals surface area contributed by atoms with Gasteiger partial charge in [-0.2, -0.15) is 0 Å². The van der Waals surface area contributed by atoms with Crippen molar-refractivity contribution in [3.05, 3.63) is 60.2 Å². The lowest BCUT2D eigenvalue weighted by molar-refractivity contribution is 0.773. The van der Waals surface area contributed by atoms with Crippen LogP contribution < -0.4 is 5.73 Å². The van der Waals surface area contributed by atoms with Crippen LogP contribution in [0.2, 0.25) is 0 Å². The minimum atomic E-state index is -0.0186. The molecule has 0 bridgehead atoms. The lowest BCUT2D eigenvalue weighted by Gasteiger charge is -2.14. The predicted molar refractivity (Wildman–Crippen MR) is 62.1 cm³/mol. The van der Waals surface area contributed by atoms with Gasteiger partial charge in [-0.1, -0.05) is 49.1 Å². The Labute approximate surface area is 85.9 Å². The quantitative estimate of drug-likeness (QED) is 0.721. The zero-order valence-electron chi connectivity index (χ0n) is 8.66. The summed E-state index contributed by atoms with van der Waals surface area (Å²) in [4.78, 5) is 0. The molecular formula is C13H17N. The molecule has 0 saturated heterocycles. The van der Waals surface area contributed by atoms with Gasteiger partial charge < -0.3 is 5.73 Å². The van der Waals surface area contributed by atoms with E-state index in [2.05, 4.69) is 25.3 Å². The molecule has 1 heteroatoms. The predicted octanol–water partition coefficient (Wildman–Crippen LogP) is 2.69. The zero-order chi connectivity index (χ0) is 10.6. The summed E-state index contributed by atoms with van der Waals surface area (Å²) >= 11 is 0. The monoisotopic (exact) mass is 187 g/mol. The average molecular weight is 187 g/mol. The molecule has 0 heterocycles. The van der Waals surface area contributed by atoms with E-state index in [9.17, 15) is 0 Å². The van der Waals surface area contributed by atoms with Crippen molar-refractivity contribution in [2.75, 3.05) is 0 Å². The summed E-state index contributed by atoms with van der Waals surface area (Å²) in [5.41, 5.74) is 9.13. The Morgan fingerprint density at radius 1 is 1.29 bits per heavy atom. The van der Waals surface area contributed by atoms with Crippen LogP contribution in [0.5, 0.6) is 0 Å². The number of hydrogen-bond donors (Lipinski definition) is 1. The molecule has 1 rings (SSSR count). The van der Waals surface area contributed by atoms with Crippen molar-refractivity contribution in [2.24, 2.45) is 5.73 Å². The van der Waals surface area contributed by atoms with Crippen LogP contribution in [0.15, 0.2) is 54.6 Å². The van der Waals surface area contributed by atoms with Crippen LogP contribution in [-0.4, -0.2) is 6.04 Å². The summed E-state index contributed by atoms with van der Waals surface area (Å²) in [6, 6.07) is 10.2. The van der Waals surface area contributed by atoms with Crippen molar-refractivity contribution in [1.29, 1.82) is 0 Å². The van der Waals surface area contributed by atoms with Gasteiger partial charge in [-0.3, -0.25) is 0 Å². The van der Waals surface area contributed by atoms with Gasteiger partial charge in [-0.15, -0.1) is 0 Å². The van der Waals surface area contributed by atoms with E-state index in [1.54, 1.807) is 0 Å². The summed E-state index contributed by atoms with van der Waals surface area (Å²) < 4.78 is 0. The molecule has 0 radical (unpaired) electrons. The molecule has 0 aliphatic carbocycles. The molecule has 1 unspecified atom stereocenters. The highest BCUT2D eigenvalue weighted by atomic mass is 14.6. The minimum Gasteiger partial charge on any atom is -0.324 e. The standard InChI is InChI=1S/C13H17N/c1-10(2)11(3)13(14)9-12-7-5-4-6-8-12/h4-8,13H,1,3,9,14H2,2H3. The first kappa shape index (κ1) is 10.7. The van der Waals surface area contributed by atoms with E-state index >= 15 is 0 Å². The van der Waals surface area contributed by atoms with Gasteiger partial charge in [0.05, 0.1) is 0 Å². The fourth-order valence-electron chi connectivity index (χ4n) is 1.31. The second-order valence-corrected chi connectivity index (χ2v) is 3.60. The summed E-state index contributed by atoms with van der Waals surface area (Å²) in [5.74, 6) is 0. The van der Waals surface area contributed by atoms with Gasteiger partial charge >= 0.3 is 0 Å². The van der Waals surface area contributed by atoms with E-state index in [1.165, 1.54) is 5.56 Å². The van der Waals surface area contributed by atoms with Crippen LogP contribution in [0.1, 0.15) is 12.5 Å². The molecule has 0 aliphatic heterocycles. The molecule has 0 amide bonds. The molecule has 1 aromatic carbocycles. The highest BCUT2D eigenvalue weighted by Crippen LogP contribution is 2.12. The molecule has 0 fully saturated rings. The molecule has 2 N–H and O–H groups in total. The Morgan fingerprint density at radius 2 is 1.86 bits per heavy atom. The van der Waals surface area contributed by atoms with Gasteiger partial charge in [0.2, 0.25) is 0 Å². The van der Waals surface area contributed by atoms with Crippen molar-refractivity contribution in [3.8, 4) is 0 Å². The highest BCUT2D eigenvalue weighted by molar-refractivity contribution is 5.30. The fourth-order valence-corrected chi connectivity index (χ4v) is 1.31. The molecule has 0 aliphatic rings. The second kappa shape index (κ2) is 4.77. The first-order valence-corrected chi connectivity index (χ1v) is 4.75. The van der Waals surface area contributed by atoms with Gasteiger partial charge in [0.1, 0.15) is 0 Å². The van der Waals surface area contributed by atoms with E-state index in [-0.39, 0.29) is 6.04 Å².